The molecule has 2 atom stereocenters. The number of hydrogen-bond acceptors (Lipinski definition) is 5. The van der Waals surface area contributed by atoms with Gasteiger partial charge in [0.15, 0.2) is 0 Å². The SMILES string of the molecule is CCc1csc([C@H](O)C/C(=N\[S@@+]([O-])C(C)(C)C)C(C)C)n1. The molecule has 21 heavy (non-hydrogen) atoms. The van der Waals surface area contributed by atoms with Crippen molar-refractivity contribution in [2.75, 3.05) is 0 Å². The lowest BCUT2D eigenvalue weighted by Gasteiger charge is -2.21. The number of nitrogens with zero attached hydrogens (tertiary/aromatic N) is 2. The molecule has 0 aliphatic rings. The van der Waals surface area contributed by atoms with E-state index >= 15 is 0 Å². The molecule has 1 aromatic heterocycles. The van der Waals surface area contributed by atoms with Gasteiger partial charge in [0.1, 0.15) is 27.2 Å². The Morgan fingerprint density at radius 2 is 2.10 bits per heavy atom. The van der Waals surface area contributed by atoms with Crippen molar-refractivity contribution in [2.24, 2.45) is 10.3 Å². The molecular formula is C15H26N2O2S2. The van der Waals surface area contributed by atoms with Crippen LogP contribution < -0.4 is 0 Å². The number of aryl methyl sites for hydroxylation is 1. The highest BCUT2D eigenvalue weighted by atomic mass is 32.2. The van der Waals surface area contributed by atoms with Gasteiger partial charge in [-0.25, -0.2) is 4.98 Å². The standard InChI is InChI=1S/C15H26N2O2S2/c1-7-11-9-20-14(16-11)13(18)8-12(10(2)3)17-21(19)15(4,5)6/h9-10,13,18H,7-8H2,1-6H3/b17-12+/t13-,21+/m1/s1. The predicted octanol–water partition coefficient (Wildman–Crippen LogP) is 3.69. The van der Waals surface area contributed by atoms with Crippen molar-refractivity contribution in [3.63, 3.8) is 0 Å². The van der Waals surface area contributed by atoms with Crippen molar-refractivity contribution in [1.82, 2.24) is 4.98 Å². The average Bonchev–Trinajstić information content (AvgIpc) is 2.85. The van der Waals surface area contributed by atoms with E-state index in [1.807, 2.05) is 46.9 Å². The maximum atomic E-state index is 12.2. The summed E-state index contributed by atoms with van der Waals surface area (Å²) >= 11 is 0.171. The Kier molecular flexibility index (Phi) is 6.84. The maximum Gasteiger partial charge on any atom is 0.144 e. The zero-order chi connectivity index (χ0) is 16.2. The number of thiazole rings is 1. The van der Waals surface area contributed by atoms with Gasteiger partial charge in [0.25, 0.3) is 0 Å². The van der Waals surface area contributed by atoms with Crippen LogP contribution in [0.4, 0.5) is 0 Å². The average molecular weight is 331 g/mol. The lowest BCUT2D eigenvalue weighted by Crippen LogP contribution is -2.28. The molecule has 0 fully saturated rings. The zero-order valence-corrected chi connectivity index (χ0v) is 15.3. The van der Waals surface area contributed by atoms with Gasteiger partial charge in [-0.15, -0.1) is 11.3 Å². The first-order valence-corrected chi connectivity index (χ1v) is 9.25. The Labute approximate surface area is 135 Å². The summed E-state index contributed by atoms with van der Waals surface area (Å²) in [4.78, 5) is 4.41. The largest absolute Gasteiger partial charge is 0.591 e. The molecule has 120 valence electrons. The molecule has 0 bridgehead atoms. The second kappa shape index (κ2) is 7.72. The van der Waals surface area contributed by atoms with Gasteiger partial charge >= 0.3 is 0 Å². The Morgan fingerprint density at radius 1 is 1.48 bits per heavy atom. The van der Waals surface area contributed by atoms with E-state index in [2.05, 4.69) is 9.38 Å². The highest BCUT2D eigenvalue weighted by Gasteiger charge is 2.28. The Bertz CT molecular complexity index is 478. The fourth-order valence-corrected chi connectivity index (χ4v) is 3.20. The summed E-state index contributed by atoms with van der Waals surface area (Å²) in [6, 6.07) is 0. The number of aliphatic hydroxyl groups is 1. The van der Waals surface area contributed by atoms with Crippen LogP contribution in [0.25, 0.3) is 0 Å². The maximum absolute atomic E-state index is 12.2. The summed E-state index contributed by atoms with van der Waals surface area (Å²) in [6.45, 7) is 11.7. The number of hydrogen-bond donors (Lipinski definition) is 1. The summed E-state index contributed by atoms with van der Waals surface area (Å²) in [5.41, 5.74) is 1.78. The molecule has 6 heteroatoms. The molecule has 0 saturated carbocycles. The van der Waals surface area contributed by atoms with Gasteiger partial charge < -0.3 is 9.66 Å². The summed E-state index contributed by atoms with van der Waals surface area (Å²) in [5, 5.41) is 13.0. The first kappa shape index (κ1) is 18.6. The van der Waals surface area contributed by atoms with Crippen molar-refractivity contribution in [3.8, 4) is 0 Å². The molecule has 1 aromatic rings. The highest BCUT2D eigenvalue weighted by Crippen LogP contribution is 2.25. The summed E-state index contributed by atoms with van der Waals surface area (Å²) in [6.07, 6.45) is 0.576. The van der Waals surface area contributed by atoms with E-state index in [0.717, 1.165) is 17.8 Å². The van der Waals surface area contributed by atoms with E-state index < -0.39 is 17.5 Å². The molecule has 0 aliphatic heterocycles. The summed E-state index contributed by atoms with van der Waals surface area (Å²) in [5.74, 6) is 0.150. The van der Waals surface area contributed by atoms with Crippen molar-refractivity contribution >= 4 is 28.4 Å². The van der Waals surface area contributed by atoms with Crippen LogP contribution in [-0.2, 0) is 17.8 Å². The molecule has 4 nitrogen and oxygen atoms in total. The van der Waals surface area contributed by atoms with Gasteiger partial charge in [-0.05, 0) is 33.1 Å². The van der Waals surface area contributed by atoms with Crippen molar-refractivity contribution in [1.29, 1.82) is 0 Å². The molecule has 0 radical (unpaired) electrons. The smallest absolute Gasteiger partial charge is 0.144 e. The van der Waals surface area contributed by atoms with Crippen LogP contribution in [-0.4, -0.2) is 25.1 Å². The molecule has 0 unspecified atom stereocenters. The fourth-order valence-electron chi connectivity index (χ4n) is 1.55. The molecule has 0 spiro atoms. The summed E-state index contributed by atoms with van der Waals surface area (Å²) < 4.78 is 16.1. The topological polar surface area (TPSA) is 68.5 Å². The van der Waals surface area contributed by atoms with Crippen LogP contribution in [0.5, 0.6) is 0 Å². The predicted molar refractivity (Wildman–Crippen MR) is 91.2 cm³/mol. The van der Waals surface area contributed by atoms with E-state index in [9.17, 15) is 9.66 Å². The van der Waals surface area contributed by atoms with Gasteiger partial charge in [0, 0.05) is 11.8 Å². The minimum atomic E-state index is -1.30. The van der Waals surface area contributed by atoms with E-state index in [1.54, 1.807) is 0 Å². The van der Waals surface area contributed by atoms with Crippen molar-refractivity contribution in [2.45, 2.75) is 65.2 Å². The van der Waals surface area contributed by atoms with Gasteiger partial charge in [-0.2, -0.15) is 0 Å². The van der Waals surface area contributed by atoms with Crippen LogP contribution in [0.15, 0.2) is 9.78 Å². The second-order valence-corrected chi connectivity index (χ2v) is 9.14. The number of aliphatic hydroxyl groups excluding tert-OH is 1. The normalized spacial score (nSPS) is 16.3. The first-order chi connectivity index (χ1) is 9.65. The molecule has 0 amide bonds. The monoisotopic (exact) mass is 330 g/mol. The molecule has 1 heterocycles. The lowest BCUT2D eigenvalue weighted by molar-refractivity contribution is 0.184. The Morgan fingerprint density at radius 3 is 2.52 bits per heavy atom. The van der Waals surface area contributed by atoms with Gasteiger partial charge in [0.05, 0.1) is 11.4 Å². The number of aromatic nitrogens is 1. The fraction of sp³-hybridized carbons (Fsp3) is 0.733. The Hall–Kier alpha value is -0.430. The highest BCUT2D eigenvalue weighted by molar-refractivity contribution is 7.91. The molecule has 0 saturated heterocycles. The summed E-state index contributed by atoms with van der Waals surface area (Å²) in [7, 11) is 0. The van der Waals surface area contributed by atoms with E-state index in [0.29, 0.717) is 11.4 Å². The number of rotatable bonds is 6. The van der Waals surface area contributed by atoms with E-state index in [-0.39, 0.29) is 10.7 Å². The second-order valence-electron chi connectivity index (χ2n) is 6.35. The third-order valence-electron chi connectivity index (χ3n) is 3.01. The van der Waals surface area contributed by atoms with Gasteiger partial charge in [-0.3, -0.25) is 0 Å². The molecular weight excluding hydrogens is 304 g/mol. The lowest BCUT2D eigenvalue weighted by atomic mass is 10.0. The van der Waals surface area contributed by atoms with Crippen LogP contribution >= 0.6 is 11.3 Å². The molecule has 0 aromatic carbocycles. The van der Waals surface area contributed by atoms with Crippen LogP contribution in [0.3, 0.4) is 0 Å². The van der Waals surface area contributed by atoms with Gasteiger partial charge in [0.2, 0.25) is 0 Å². The zero-order valence-electron chi connectivity index (χ0n) is 13.7. The molecule has 1 N–H and O–H groups in total. The van der Waals surface area contributed by atoms with E-state index in [4.69, 9.17) is 0 Å². The van der Waals surface area contributed by atoms with Crippen molar-refractivity contribution in [3.05, 3.63) is 16.1 Å². The van der Waals surface area contributed by atoms with Gasteiger partial charge in [-0.1, -0.05) is 25.2 Å². The van der Waals surface area contributed by atoms with Crippen LogP contribution in [0.2, 0.25) is 0 Å². The first-order valence-electron chi connectivity index (χ1n) is 7.27. The quantitative estimate of drug-likeness (QED) is 0.639. The third-order valence-corrected chi connectivity index (χ3v) is 5.45. The third kappa shape index (κ3) is 5.70. The minimum absolute atomic E-state index is 0.150. The minimum Gasteiger partial charge on any atom is -0.591 e. The van der Waals surface area contributed by atoms with E-state index in [1.165, 1.54) is 11.3 Å². The van der Waals surface area contributed by atoms with Crippen LogP contribution in [0, 0.1) is 5.92 Å². The Balaban J connectivity index is 2.85. The molecule has 0 aliphatic carbocycles. The van der Waals surface area contributed by atoms with Crippen LogP contribution in [0.1, 0.15) is 64.8 Å². The molecule has 1 rings (SSSR count). The van der Waals surface area contributed by atoms with Crippen molar-refractivity contribution < 1.29 is 9.66 Å².